The van der Waals surface area contributed by atoms with Crippen molar-refractivity contribution < 1.29 is 18.7 Å². The van der Waals surface area contributed by atoms with Gasteiger partial charge in [0.05, 0.1) is 7.11 Å². The Morgan fingerprint density at radius 2 is 2.06 bits per heavy atom. The van der Waals surface area contributed by atoms with Crippen LogP contribution in [-0.2, 0) is 9.53 Å². The smallest absolute Gasteiger partial charge is 0.382 e. The van der Waals surface area contributed by atoms with Gasteiger partial charge in [-0.1, -0.05) is 15.9 Å². The highest BCUT2D eigenvalue weighted by atomic mass is 79.9. The molecular formula is C11H7BrO4. The van der Waals surface area contributed by atoms with Gasteiger partial charge in [-0.05, 0) is 24.3 Å². The Labute approximate surface area is 99.3 Å². The summed E-state index contributed by atoms with van der Waals surface area (Å²) in [5, 5.41) is 0.752. The fraction of sp³-hybridized carbons (Fsp3) is 0.0909. The molecule has 1 aromatic heterocycles. The van der Waals surface area contributed by atoms with Crippen LogP contribution < -0.4 is 0 Å². The van der Waals surface area contributed by atoms with Crippen LogP contribution in [0.4, 0.5) is 0 Å². The van der Waals surface area contributed by atoms with Crippen LogP contribution in [0.1, 0.15) is 10.6 Å². The monoisotopic (exact) mass is 282 g/mol. The zero-order valence-corrected chi connectivity index (χ0v) is 9.91. The van der Waals surface area contributed by atoms with Crippen molar-refractivity contribution in [1.82, 2.24) is 0 Å². The lowest BCUT2D eigenvalue weighted by Crippen LogP contribution is -2.14. The summed E-state index contributed by atoms with van der Waals surface area (Å²) >= 11 is 3.30. The molecule has 2 rings (SSSR count). The summed E-state index contributed by atoms with van der Waals surface area (Å²) in [7, 11) is 1.15. The second kappa shape index (κ2) is 4.09. The molecule has 0 spiro atoms. The van der Waals surface area contributed by atoms with Gasteiger partial charge in [0.1, 0.15) is 5.58 Å². The van der Waals surface area contributed by atoms with Crippen molar-refractivity contribution in [3.8, 4) is 0 Å². The molecular weight excluding hydrogens is 276 g/mol. The largest absolute Gasteiger partial charge is 0.463 e. The van der Waals surface area contributed by atoms with Gasteiger partial charge in [0.25, 0.3) is 0 Å². The van der Waals surface area contributed by atoms with Crippen molar-refractivity contribution in [2.24, 2.45) is 0 Å². The topological polar surface area (TPSA) is 56.5 Å². The van der Waals surface area contributed by atoms with Gasteiger partial charge < -0.3 is 9.15 Å². The van der Waals surface area contributed by atoms with Gasteiger partial charge in [0.15, 0.2) is 5.76 Å². The van der Waals surface area contributed by atoms with E-state index in [2.05, 4.69) is 20.7 Å². The second-order valence-electron chi connectivity index (χ2n) is 3.11. The molecule has 0 bridgehead atoms. The molecule has 0 amide bonds. The number of carbonyl (C=O) groups is 2. The van der Waals surface area contributed by atoms with Crippen molar-refractivity contribution in [3.05, 3.63) is 34.5 Å². The maximum absolute atomic E-state index is 11.5. The molecule has 16 heavy (non-hydrogen) atoms. The summed E-state index contributed by atoms with van der Waals surface area (Å²) in [6, 6.07) is 6.82. The van der Waals surface area contributed by atoms with E-state index in [4.69, 9.17) is 4.42 Å². The first kappa shape index (κ1) is 10.9. The second-order valence-corrected chi connectivity index (χ2v) is 4.03. The fourth-order valence-electron chi connectivity index (χ4n) is 1.32. The molecule has 82 valence electrons. The highest BCUT2D eigenvalue weighted by Gasteiger charge is 2.21. The van der Waals surface area contributed by atoms with Gasteiger partial charge >= 0.3 is 11.8 Å². The Bertz CT molecular complexity index is 570. The number of Topliss-reactive ketones (excluding diaryl/α,β-unsaturated/α-hetero) is 1. The number of rotatable bonds is 2. The van der Waals surface area contributed by atoms with E-state index in [1.54, 1.807) is 18.2 Å². The van der Waals surface area contributed by atoms with E-state index in [1.165, 1.54) is 6.07 Å². The van der Waals surface area contributed by atoms with E-state index in [9.17, 15) is 9.59 Å². The molecule has 0 saturated heterocycles. The number of hydrogen-bond acceptors (Lipinski definition) is 4. The number of furan rings is 1. The molecule has 0 saturated carbocycles. The Morgan fingerprint density at radius 3 is 2.75 bits per heavy atom. The predicted octanol–water partition coefficient (Wildman–Crippen LogP) is 2.55. The number of benzene rings is 1. The van der Waals surface area contributed by atoms with Gasteiger partial charge in [-0.15, -0.1) is 0 Å². The normalized spacial score (nSPS) is 10.4. The minimum atomic E-state index is -0.932. The van der Waals surface area contributed by atoms with Gasteiger partial charge in [0, 0.05) is 9.86 Å². The Morgan fingerprint density at radius 1 is 1.31 bits per heavy atom. The van der Waals surface area contributed by atoms with Gasteiger partial charge in [-0.3, -0.25) is 4.79 Å². The third-order valence-corrected chi connectivity index (χ3v) is 2.57. The van der Waals surface area contributed by atoms with E-state index >= 15 is 0 Å². The average molecular weight is 283 g/mol. The third kappa shape index (κ3) is 1.86. The van der Waals surface area contributed by atoms with E-state index in [0.29, 0.717) is 5.58 Å². The average Bonchev–Trinajstić information content (AvgIpc) is 2.69. The number of fused-ring (bicyclic) bond motifs is 1. The van der Waals surface area contributed by atoms with Crippen LogP contribution >= 0.6 is 15.9 Å². The highest BCUT2D eigenvalue weighted by molar-refractivity contribution is 9.10. The fourth-order valence-corrected chi connectivity index (χ4v) is 1.70. The molecule has 0 aliphatic heterocycles. The summed E-state index contributed by atoms with van der Waals surface area (Å²) in [6.45, 7) is 0. The maximum atomic E-state index is 11.5. The molecule has 0 radical (unpaired) electrons. The van der Waals surface area contributed by atoms with E-state index in [1.807, 2.05) is 0 Å². The number of esters is 1. The standard InChI is InChI=1S/C11H7BrO4/c1-15-11(14)10(13)9-5-6-4-7(12)2-3-8(6)16-9/h2-5H,1H3. The SMILES string of the molecule is COC(=O)C(=O)c1cc2cc(Br)ccc2o1. The number of carbonyl (C=O) groups excluding carboxylic acids is 2. The lowest BCUT2D eigenvalue weighted by Gasteiger charge is -1.92. The van der Waals surface area contributed by atoms with Crippen LogP contribution in [0, 0.1) is 0 Å². The predicted molar refractivity (Wildman–Crippen MR) is 60.3 cm³/mol. The van der Waals surface area contributed by atoms with E-state index in [0.717, 1.165) is 17.0 Å². The summed E-state index contributed by atoms with van der Waals surface area (Å²) in [5.41, 5.74) is 0.551. The summed E-state index contributed by atoms with van der Waals surface area (Å²) in [6.07, 6.45) is 0. The van der Waals surface area contributed by atoms with Crippen molar-refractivity contribution in [2.75, 3.05) is 7.11 Å². The maximum Gasteiger partial charge on any atom is 0.382 e. The lowest BCUT2D eigenvalue weighted by molar-refractivity contribution is -0.135. The number of ether oxygens (including phenoxy) is 1. The Balaban J connectivity index is 2.47. The van der Waals surface area contributed by atoms with E-state index in [-0.39, 0.29) is 5.76 Å². The van der Waals surface area contributed by atoms with E-state index < -0.39 is 11.8 Å². The molecule has 4 nitrogen and oxygen atoms in total. The van der Waals surface area contributed by atoms with Crippen LogP contribution in [0.15, 0.2) is 33.2 Å². The number of methoxy groups -OCH3 is 1. The minimum absolute atomic E-state index is 0.0139. The molecule has 5 heteroatoms. The first-order chi connectivity index (χ1) is 7.61. The summed E-state index contributed by atoms with van der Waals surface area (Å²) in [5.74, 6) is -1.73. The number of halogens is 1. The van der Waals surface area contributed by atoms with Crippen LogP contribution in [-0.4, -0.2) is 18.9 Å². The molecule has 0 N–H and O–H groups in total. The molecule has 0 aliphatic carbocycles. The minimum Gasteiger partial charge on any atom is -0.463 e. The molecule has 2 aromatic rings. The molecule has 0 atom stereocenters. The summed E-state index contributed by atoms with van der Waals surface area (Å²) in [4.78, 5) is 22.5. The quantitative estimate of drug-likeness (QED) is 0.483. The third-order valence-electron chi connectivity index (χ3n) is 2.07. The molecule has 0 fully saturated rings. The zero-order chi connectivity index (χ0) is 11.7. The van der Waals surface area contributed by atoms with Crippen molar-refractivity contribution in [1.29, 1.82) is 0 Å². The van der Waals surface area contributed by atoms with Crippen LogP contribution in [0.5, 0.6) is 0 Å². The molecule has 0 aliphatic rings. The van der Waals surface area contributed by atoms with Crippen LogP contribution in [0.3, 0.4) is 0 Å². The molecule has 0 unspecified atom stereocenters. The Kier molecular flexibility index (Phi) is 2.78. The summed E-state index contributed by atoms with van der Waals surface area (Å²) < 4.78 is 10.4. The highest BCUT2D eigenvalue weighted by Crippen LogP contribution is 2.23. The van der Waals surface area contributed by atoms with Crippen LogP contribution in [0.25, 0.3) is 11.0 Å². The van der Waals surface area contributed by atoms with Gasteiger partial charge in [-0.25, -0.2) is 4.79 Å². The first-order valence-electron chi connectivity index (χ1n) is 4.43. The van der Waals surface area contributed by atoms with Gasteiger partial charge in [-0.2, -0.15) is 0 Å². The lowest BCUT2D eigenvalue weighted by atomic mass is 10.2. The van der Waals surface area contributed by atoms with Crippen molar-refractivity contribution in [3.63, 3.8) is 0 Å². The first-order valence-corrected chi connectivity index (χ1v) is 5.23. The van der Waals surface area contributed by atoms with Crippen molar-refractivity contribution >= 4 is 38.7 Å². The van der Waals surface area contributed by atoms with Gasteiger partial charge in [0.2, 0.25) is 0 Å². The number of hydrogen-bond donors (Lipinski definition) is 0. The number of ketones is 1. The van der Waals surface area contributed by atoms with Crippen LogP contribution in [0.2, 0.25) is 0 Å². The molecule has 1 aromatic carbocycles. The Hall–Kier alpha value is -1.62. The molecule has 1 heterocycles. The zero-order valence-electron chi connectivity index (χ0n) is 8.32. The van der Waals surface area contributed by atoms with Crippen molar-refractivity contribution in [2.45, 2.75) is 0 Å².